The van der Waals surface area contributed by atoms with Gasteiger partial charge in [0.25, 0.3) is 0 Å². The lowest BCUT2D eigenvalue weighted by molar-refractivity contribution is 0.0690. The van der Waals surface area contributed by atoms with Crippen molar-refractivity contribution in [1.82, 2.24) is 10.3 Å². The van der Waals surface area contributed by atoms with Gasteiger partial charge >= 0.3 is 12.0 Å². The molecule has 6 nitrogen and oxygen atoms in total. The summed E-state index contributed by atoms with van der Waals surface area (Å²) in [6, 6.07) is 2.49. The van der Waals surface area contributed by atoms with Crippen molar-refractivity contribution in [2.75, 3.05) is 18.1 Å². The Balaban J connectivity index is 2.51. The van der Waals surface area contributed by atoms with Crippen LogP contribution in [0.25, 0.3) is 0 Å². The van der Waals surface area contributed by atoms with E-state index in [2.05, 4.69) is 15.6 Å². The van der Waals surface area contributed by atoms with Gasteiger partial charge in [0.1, 0.15) is 5.69 Å². The van der Waals surface area contributed by atoms with E-state index in [1.54, 1.807) is 11.8 Å². The van der Waals surface area contributed by atoms with Crippen LogP contribution >= 0.6 is 11.8 Å². The first-order valence-corrected chi connectivity index (χ1v) is 6.86. The van der Waals surface area contributed by atoms with E-state index in [-0.39, 0.29) is 16.5 Å². The van der Waals surface area contributed by atoms with E-state index in [4.69, 9.17) is 5.11 Å². The number of carbonyl (C=O) groups excluding carboxylic acids is 1. The maximum atomic E-state index is 11.6. The van der Waals surface area contributed by atoms with Gasteiger partial charge < -0.3 is 15.7 Å². The number of hydrogen-bond acceptors (Lipinski definition) is 4. The van der Waals surface area contributed by atoms with Crippen LogP contribution in [0.2, 0.25) is 0 Å². The molecule has 0 saturated carbocycles. The summed E-state index contributed by atoms with van der Waals surface area (Å²) in [7, 11) is 0. The number of carboxylic acid groups (broad SMARTS) is 1. The van der Waals surface area contributed by atoms with Crippen LogP contribution < -0.4 is 10.6 Å². The second kappa shape index (κ2) is 6.42. The Bertz CT molecular complexity index is 460. The average molecular weight is 283 g/mol. The molecule has 104 valence electrons. The van der Waals surface area contributed by atoms with E-state index in [0.29, 0.717) is 12.2 Å². The molecule has 0 unspecified atom stereocenters. The van der Waals surface area contributed by atoms with Crippen LogP contribution in [0.5, 0.6) is 0 Å². The summed E-state index contributed by atoms with van der Waals surface area (Å²) < 4.78 is -0.0389. The fourth-order valence-corrected chi connectivity index (χ4v) is 1.35. The first-order chi connectivity index (χ1) is 8.84. The minimum atomic E-state index is -1.10. The maximum absolute atomic E-state index is 11.6. The molecule has 19 heavy (non-hydrogen) atoms. The summed E-state index contributed by atoms with van der Waals surface area (Å²) in [6.07, 6.45) is 3.29. The number of carboxylic acids is 1. The van der Waals surface area contributed by atoms with Crippen molar-refractivity contribution in [3.63, 3.8) is 0 Å². The fourth-order valence-electron chi connectivity index (χ4n) is 1.13. The highest BCUT2D eigenvalue weighted by Gasteiger charge is 2.16. The van der Waals surface area contributed by atoms with Gasteiger partial charge in [-0.3, -0.25) is 0 Å². The second-order valence-corrected chi connectivity index (χ2v) is 6.02. The molecule has 1 aromatic rings. The molecule has 1 heterocycles. The smallest absolute Gasteiger partial charge is 0.354 e. The first kappa shape index (κ1) is 15.3. The lowest BCUT2D eigenvalue weighted by Gasteiger charge is -2.22. The number of hydrogen-bond donors (Lipinski definition) is 3. The molecule has 0 bridgehead atoms. The number of rotatable bonds is 5. The highest BCUT2D eigenvalue weighted by molar-refractivity contribution is 7.99. The largest absolute Gasteiger partial charge is 0.477 e. The minimum absolute atomic E-state index is 0.0389. The summed E-state index contributed by atoms with van der Waals surface area (Å²) in [5.74, 6) is -1.10. The fraction of sp³-hybridized carbons (Fsp3) is 0.417. The Kier molecular flexibility index (Phi) is 5.17. The molecule has 0 fully saturated rings. The van der Waals surface area contributed by atoms with Crippen LogP contribution in [0.3, 0.4) is 0 Å². The van der Waals surface area contributed by atoms with E-state index < -0.39 is 5.97 Å². The van der Waals surface area contributed by atoms with Gasteiger partial charge in [-0.1, -0.05) is 0 Å². The van der Waals surface area contributed by atoms with Crippen LogP contribution in [-0.4, -0.2) is 39.6 Å². The molecule has 3 N–H and O–H groups in total. The number of urea groups is 1. The predicted octanol–water partition coefficient (Wildman–Crippen LogP) is 2.04. The Hall–Kier alpha value is -1.76. The maximum Gasteiger partial charge on any atom is 0.354 e. The zero-order chi connectivity index (χ0) is 14.5. The van der Waals surface area contributed by atoms with Crippen molar-refractivity contribution >= 4 is 29.4 Å². The lowest BCUT2D eigenvalue weighted by Crippen LogP contribution is -2.38. The molecule has 0 aliphatic rings. The first-order valence-electron chi connectivity index (χ1n) is 5.63. The van der Waals surface area contributed by atoms with Crippen molar-refractivity contribution < 1.29 is 14.7 Å². The molecule has 0 aliphatic heterocycles. The summed E-state index contributed by atoms with van der Waals surface area (Å²) in [5, 5.41) is 14.0. The second-order valence-electron chi connectivity index (χ2n) is 4.51. The number of amides is 2. The molecule has 0 saturated heterocycles. The quantitative estimate of drug-likeness (QED) is 0.769. The van der Waals surface area contributed by atoms with Gasteiger partial charge in [-0.15, -0.1) is 0 Å². The zero-order valence-electron chi connectivity index (χ0n) is 11.1. The Labute approximate surface area is 116 Å². The van der Waals surface area contributed by atoms with Crippen LogP contribution in [-0.2, 0) is 0 Å². The molecule has 0 radical (unpaired) electrons. The monoisotopic (exact) mass is 283 g/mol. The van der Waals surface area contributed by atoms with Gasteiger partial charge in [0, 0.05) is 11.3 Å². The Morgan fingerprint density at radius 3 is 2.58 bits per heavy atom. The number of nitrogens with one attached hydrogen (secondary N) is 2. The van der Waals surface area contributed by atoms with Crippen molar-refractivity contribution in [2.24, 2.45) is 0 Å². The molecule has 0 aliphatic carbocycles. The third-order valence-corrected chi connectivity index (χ3v) is 3.72. The SMILES string of the molecule is CSC(C)(C)CNC(=O)Nc1ccc(C(=O)O)nc1. The van der Waals surface area contributed by atoms with Crippen LogP contribution in [0, 0.1) is 0 Å². The zero-order valence-corrected chi connectivity index (χ0v) is 11.9. The lowest BCUT2D eigenvalue weighted by atomic mass is 10.2. The number of carbonyl (C=O) groups is 2. The summed E-state index contributed by atoms with van der Waals surface area (Å²) in [5.41, 5.74) is 0.388. The molecule has 1 aromatic heterocycles. The van der Waals surface area contributed by atoms with Crippen molar-refractivity contribution in [2.45, 2.75) is 18.6 Å². The molecular formula is C12H17N3O3S. The molecule has 7 heteroatoms. The molecule has 0 spiro atoms. The Morgan fingerprint density at radius 1 is 1.42 bits per heavy atom. The summed E-state index contributed by atoms with van der Waals surface area (Å²) in [6.45, 7) is 4.59. The van der Waals surface area contributed by atoms with E-state index in [9.17, 15) is 9.59 Å². The van der Waals surface area contributed by atoms with Crippen LogP contribution in [0.1, 0.15) is 24.3 Å². The van der Waals surface area contributed by atoms with Gasteiger partial charge in [-0.2, -0.15) is 11.8 Å². The highest BCUT2D eigenvalue weighted by Crippen LogP contribution is 2.19. The number of anilines is 1. The number of nitrogens with zero attached hydrogens (tertiary/aromatic N) is 1. The number of aromatic nitrogens is 1. The summed E-state index contributed by atoms with van der Waals surface area (Å²) in [4.78, 5) is 25.9. The molecule has 0 aromatic carbocycles. The predicted molar refractivity (Wildman–Crippen MR) is 75.8 cm³/mol. The highest BCUT2D eigenvalue weighted by atomic mass is 32.2. The minimum Gasteiger partial charge on any atom is -0.477 e. The normalized spacial score (nSPS) is 10.9. The topological polar surface area (TPSA) is 91.3 Å². The Morgan fingerprint density at radius 2 is 2.11 bits per heavy atom. The van der Waals surface area contributed by atoms with Crippen molar-refractivity contribution in [3.8, 4) is 0 Å². The summed E-state index contributed by atoms with van der Waals surface area (Å²) >= 11 is 1.66. The third kappa shape index (κ3) is 5.17. The average Bonchev–Trinajstić information content (AvgIpc) is 2.37. The molecule has 0 atom stereocenters. The van der Waals surface area contributed by atoms with E-state index >= 15 is 0 Å². The van der Waals surface area contributed by atoms with Crippen LogP contribution in [0.4, 0.5) is 10.5 Å². The number of aromatic carboxylic acids is 1. The van der Waals surface area contributed by atoms with Crippen molar-refractivity contribution in [1.29, 1.82) is 0 Å². The van der Waals surface area contributed by atoms with Gasteiger partial charge in [0.15, 0.2) is 0 Å². The number of pyridine rings is 1. The third-order valence-electron chi connectivity index (χ3n) is 2.47. The van der Waals surface area contributed by atoms with Crippen LogP contribution in [0.15, 0.2) is 18.3 Å². The standard InChI is InChI=1S/C12H17N3O3S/c1-12(2,19-3)7-14-11(18)15-8-4-5-9(10(16)17)13-6-8/h4-6H,7H2,1-3H3,(H,16,17)(H2,14,15,18). The molecular weight excluding hydrogens is 266 g/mol. The molecule has 1 rings (SSSR count). The van der Waals surface area contributed by atoms with Gasteiger partial charge in [-0.25, -0.2) is 14.6 Å². The van der Waals surface area contributed by atoms with E-state index in [1.165, 1.54) is 18.3 Å². The van der Waals surface area contributed by atoms with E-state index in [0.717, 1.165) is 0 Å². The van der Waals surface area contributed by atoms with Gasteiger partial charge in [-0.05, 0) is 32.2 Å². The van der Waals surface area contributed by atoms with Gasteiger partial charge in [0.2, 0.25) is 0 Å². The van der Waals surface area contributed by atoms with Crippen molar-refractivity contribution in [3.05, 3.63) is 24.0 Å². The van der Waals surface area contributed by atoms with Gasteiger partial charge in [0.05, 0.1) is 11.9 Å². The molecule has 2 amide bonds. The number of thioether (sulfide) groups is 1. The van der Waals surface area contributed by atoms with E-state index in [1.807, 2.05) is 20.1 Å².